The predicted octanol–water partition coefficient (Wildman–Crippen LogP) is 4.54. The van der Waals surface area contributed by atoms with Crippen LogP contribution in [-0.2, 0) is 20.9 Å². The van der Waals surface area contributed by atoms with Gasteiger partial charge in [-0.25, -0.2) is 10.2 Å². The minimum Gasteiger partial charge on any atom is -0.494 e. The number of carbonyl (C=O) groups is 3. The van der Waals surface area contributed by atoms with Crippen molar-refractivity contribution >= 4 is 29.3 Å². The van der Waals surface area contributed by atoms with Crippen LogP contribution in [0.1, 0.15) is 57.4 Å². The van der Waals surface area contributed by atoms with Crippen LogP contribution in [-0.4, -0.2) is 74.3 Å². The quantitative estimate of drug-likeness (QED) is 0.316. The van der Waals surface area contributed by atoms with Gasteiger partial charge in [-0.05, 0) is 62.1 Å². The number of nitrogens with zero attached hydrogens (tertiary/aromatic N) is 4. The van der Waals surface area contributed by atoms with E-state index in [0.717, 1.165) is 29.8 Å². The average molecular weight is 566 g/mol. The van der Waals surface area contributed by atoms with Crippen molar-refractivity contribution in [1.29, 1.82) is 0 Å². The second kappa shape index (κ2) is 14.7. The molecule has 1 aliphatic heterocycles. The maximum atomic E-state index is 13.1. The van der Waals surface area contributed by atoms with Crippen molar-refractivity contribution < 1.29 is 23.9 Å². The third-order valence-electron chi connectivity index (χ3n) is 7.73. The predicted molar refractivity (Wildman–Crippen MR) is 159 cm³/mol. The number of urea groups is 1. The van der Waals surface area contributed by atoms with Gasteiger partial charge in [-0.15, -0.1) is 0 Å². The summed E-state index contributed by atoms with van der Waals surface area (Å²) >= 11 is 0. The third kappa shape index (κ3) is 8.36. The van der Waals surface area contributed by atoms with Gasteiger partial charge in [-0.1, -0.05) is 37.5 Å². The number of anilines is 2. The minimum atomic E-state index is -0.320. The highest BCUT2D eigenvalue weighted by Gasteiger charge is 2.27. The van der Waals surface area contributed by atoms with Gasteiger partial charge >= 0.3 is 12.0 Å². The summed E-state index contributed by atoms with van der Waals surface area (Å²) < 4.78 is 11.2. The second-order valence-electron chi connectivity index (χ2n) is 10.7. The summed E-state index contributed by atoms with van der Waals surface area (Å²) in [5.41, 5.74) is 5.48. The normalized spacial score (nSPS) is 15.5. The number of ether oxygens (including phenoxy) is 2. The Labute approximate surface area is 243 Å². The van der Waals surface area contributed by atoms with Crippen molar-refractivity contribution in [3.05, 3.63) is 54.1 Å². The Balaban J connectivity index is 1.38. The van der Waals surface area contributed by atoms with E-state index in [1.165, 1.54) is 24.2 Å². The molecule has 2 aliphatic rings. The van der Waals surface area contributed by atoms with Crippen molar-refractivity contribution in [3.8, 4) is 5.75 Å². The van der Waals surface area contributed by atoms with Crippen LogP contribution in [0.25, 0.3) is 0 Å². The molecule has 0 atom stereocenters. The molecule has 1 N–H and O–H groups in total. The van der Waals surface area contributed by atoms with Crippen molar-refractivity contribution in [2.45, 2.75) is 64.5 Å². The SMILES string of the molecule is CCOC(=O)CN1Cc2cc(OCCCC(=O)N(C)C3CCCCC3)ccc2N(NC(=O)N(C)c2ccccc2)C1. The lowest BCUT2D eigenvalue weighted by Crippen LogP contribution is -2.55. The molecule has 0 unspecified atom stereocenters. The molecule has 0 aromatic heterocycles. The maximum absolute atomic E-state index is 13.1. The first-order valence-corrected chi connectivity index (χ1v) is 14.6. The highest BCUT2D eigenvalue weighted by Crippen LogP contribution is 2.30. The molecule has 2 aromatic carbocycles. The fraction of sp³-hybridized carbons (Fsp3) is 0.516. The Morgan fingerprint density at radius 3 is 2.51 bits per heavy atom. The summed E-state index contributed by atoms with van der Waals surface area (Å²) in [5.74, 6) is 0.536. The van der Waals surface area contributed by atoms with E-state index in [1.54, 1.807) is 19.0 Å². The van der Waals surface area contributed by atoms with E-state index in [0.29, 0.717) is 51.1 Å². The molecule has 222 valence electrons. The average Bonchev–Trinajstić information content (AvgIpc) is 2.99. The Morgan fingerprint density at radius 2 is 1.78 bits per heavy atom. The van der Waals surface area contributed by atoms with Crippen LogP contribution in [0.4, 0.5) is 16.2 Å². The van der Waals surface area contributed by atoms with Crippen LogP contribution < -0.4 is 20.1 Å². The van der Waals surface area contributed by atoms with E-state index in [1.807, 2.05) is 65.4 Å². The molecule has 0 saturated heterocycles. The first kappa shape index (κ1) is 30.2. The lowest BCUT2D eigenvalue weighted by Gasteiger charge is -2.38. The lowest BCUT2D eigenvalue weighted by molar-refractivity contribution is -0.144. The van der Waals surface area contributed by atoms with E-state index in [9.17, 15) is 14.4 Å². The van der Waals surface area contributed by atoms with Crippen molar-refractivity contribution in [2.75, 3.05) is 50.4 Å². The smallest absolute Gasteiger partial charge is 0.340 e. The van der Waals surface area contributed by atoms with Crippen molar-refractivity contribution in [1.82, 2.24) is 15.2 Å². The number of esters is 1. The molecule has 1 heterocycles. The Morgan fingerprint density at radius 1 is 1.02 bits per heavy atom. The summed E-state index contributed by atoms with van der Waals surface area (Å²) in [4.78, 5) is 43.4. The number of rotatable bonds is 11. The molecular weight excluding hydrogens is 522 g/mol. The minimum absolute atomic E-state index is 0.0931. The number of amides is 3. The number of hydrazine groups is 1. The number of para-hydroxylation sites is 1. The van der Waals surface area contributed by atoms with Gasteiger partial charge in [0.15, 0.2) is 0 Å². The number of carbonyl (C=O) groups excluding carboxylic acids is 3. The first-order chi connectivity index (χ1) is 19.9. The largest absolute Gasteiger partial charge is 0.494 e. The standard InChI is InChI=1S/C31H43N5O5/c1-4-40-30(38)22-35-21-24-20-27(41-19-11-16-29(37)33(2)25-12-7-5-8-13-25)17-18-28(24)36(23-35)32-31(39)34(3)26-14-9-6-10-15-26/h6,9-10,14-15,17-18,20,25H,4-5,7-8,11-13,16,19,21-23H2,1-3H3,(H,32,39). The lowest BCUT2D eigenvalue weighted by atomic mass is 9.94. The molecule has 0 bridgehead atoms. The molecule has 10 heteroatoms. The molecule has 0 radical (unpaired) electrons. The Kier molecular flexibility index (Phi) is 10.8. The molecular formula is C31H43N5O5. The zero-order valence-electron chi connectivity index (χ0n) is 24.5. The van der Waals surface area contributed by atoms with Crippen LogP contribution >= 0.6 is 0 Å². The number of hydrogen-bond acceptors (Lipinski definition) is 7. The van der Waals surface area contributed by atoms with E-state index >= 15 is 0 Å². The Hall–Kier alpha value is -3.79. The van der Waals surface area contributed by atoms with Gasteiger partial charge < -0.3 is 14.4 Å². The van der Waals surface area contributed by atoms with Gasteiger partial charge in [0.25, 0.3) is 0 Å². The number of fused-ring (bicyclic) bond motifs is 1. The van der Waals surface area contributed by atoms with E-state index in [-0.39, 0.29) is 24.5 Å². The maximum Gasteiger partial charge on any atom is 0.340 e. The van der Waals surface area contributed by atoms with Crippen molar-refractivity contribution in [2.24, 2.45) is 0 Å². The molecule has 41 heavy (non-hydrogen) atoms. The summed E-state index contributed by atoms with van der Waals surface area (Å²) in [5, 5.41) is 1.74. The Bertz CT molecular complexity index is 1170. The molecule has 1 saturated carbocycles. The molecule has 1 fully saturated rings. The molecule has 10 nitrogen and oxygen atoms in total. The van der Waals surface area contributed by atoms with E-state index < -0.39 is 0 Å². The topological polar surface area (TPSA) is 94.7 Å². The van der Waals surface area contributed by atoms with E-state index in [4.69, 9.17) is 9.47 Å². The molecule has 1 aliphatic carbocycles. The summed E-state index contributed by atoms with van der Waals surface area (Å²) in [6, 6.07) is 15.2. The second-order valence-corrected chi connectivity index (χ2v) is 10.7. The van der Waals surface area contributed by atoms with Crippen LogP contribution in [0.2, 0.25) is 0 Å². The van der Waals surface area contributed by atoms with Crippen LogP contribution in [0.5, 0.6) is 5.75 Å². The molecule has 3 amide bonds. The van der Waals surface area contributed by atoms with Crippen molar-refractivity contribution in [3.63, 3.8) is 0 Å². The highest BCUT2D eigenvalue weighted by molar-refractivity contribution is 5.92. The molecule has 4 rings (SSSR count). The fourth-order valence-electron chi connectivity index (χ4n) is 5.42. The number of benzene rings is 2. The van der Waals surface area contributed by atoms with Crippen LogP contribution in [0, 0.1) is 0 Å². The van der Waals surface area contributed by atoms with E-state index in [2.05, 4.69) is 5.43 Å². The van der Waals surface area contributed by atoms with Gasteiger partial charge in [0, 0.05) is 38.8 Å². The summed E-state index contributed by atoms with van der Waals surface area (Å²) in [6.07, 6.45) is 6.96. The third-order valence-corrected chi connectivity index (χ3v) is 7.73. The van der Waals surface area contributed by atoms with Crippen LogP contribution in [0.3, 0.4) is 0 Å². The van der Waals surface area contributed by atoms with Gasteiger partial charge in [0.05, 0.1) is 32.1 Å². The zero-order chi connectivity index (χ0) is 29.2. The van der Waals surface area contributed by atoms with Gasteiger partial charge in [-0.3, -0.25) is 24.4 Å². The molecule has 2 aromatic rings. The molecule has 0 spiro atoms. The number of hydrogen-bond donors (Lipinski definition) is 1. The first-order valence-electron chi connectivity index (χ1n) is 14.6. The van der Waals surface area contributed by atoms with Crippen LogP contribution in [0.15, 0.2) is 48.5 Å². The summed E-state index contributed by atoms with van der Waals surface area (Å²) in [6.45, 7) is 3.42. The number of nitrogens with one attached hydrogen (secondary N) is 1. The van der Waals surface area contributed by atoms with Gasteiger partial charge in [0.1, 0.15) is 5.75 Å². The van der Waals surface area contributed by atoms with Gasteiger partial charge in [0.2, 0.25) is 5.91 Å². The van der Waals surface area contributed by atoms with Gasteiger partial charge in [-0.2, -0.15) is 0 Å². The summed E-state index contributed by atoms with van der Waals surface area (Å²) in [7, 11) is 3.63. The fourth-order valence-corrected chi connectivity index (χ4v) is 5.42. The monoisotopic (exact) mass is 565 g/mol. The zero-order valence-corrected chi connectivity index (χ0v) is 24.5. The highest BCUT2D eigenvalue weighted by atomic mass is 16.5.